The Morgan fingerprint density at radius 3 is 2.51 bits per heavy atom. The van der Waals surface area contributed by atoms with Crippen molar-refractivity contribution in [1.29, 1.82) is 0 Å². The number of hydrogen-bond acceptors (Lipinski definition) is 5. The van der Waals surface area contributed by atoms with E-state index in [1.165, 1.54) is 11.8 Å². The number of hydrogen-bond donors (Lipinski definition) is 0. The van der Waals surface area contributed by atoms with Gasteiger partial charge in [0.05, 0.1) is 24.2 Å². The van der Waals surface area contributed by atoms with Crippen LogP contribution >= 0.6 is 55.1 Å². The molecule has 192 valence electrons. The zero-order valence-corrected chi connectivity index (χ0v) is 25.2. The fourth-order valence-corrected chi connectivity index (χ4v) is 4.82. The molecule has 1 heterocycles. The van der Waals surface area contributed by atoms with E-state index >= 15 is 0 Å². The Bertz CT molecular complexity index is 1580. The summed E-state index contributed by atoms with van der Waals surface area (Å²) in [6.07, 6.45) is 1.54. The zero-order valence-electron chi connectivity index (χ0n) is 20.5. The molecule has 0 N–H and O–H groups in total. The molecule has 4 aromatic rings. The summed E-state index contributed by atoms with van der Waals surface area (Å²) in [5.41, 5.74) is 1.29. The van der Waals surface area contributed by atoms with E-state index in [1.54, 1.807) is 24.4 Å². The quantitative estimate of drug-likeness (QED) is 0.196. The second-order valence-corrected chi connectivity index (χ2v) is 11.7. The van der Waals surface area contributed by atoms with Gasteiger partial charge in [-0.1, -0.05) is 78.1 Å². The van der Waals surface area contributed by atoms with E-state index < -0.39 is 5.41 Å². The van der Waals surface area contributed by atoms with Crippen molar-refractivity contribution in [2.24, 2.45) is 5.10 Å². The summed E-state index contributed by atoms with van der Waals surface area (Å²) in [6.45, 7) is 6.14. The second kappa shape index (κ2) is 11.2. The van der Waals surface area contributed by atoms with Crippen LogP contribution in [-0.2, 0) is 12.0 Å². The van der Waals surface area contributed by atoms with Gasteiger partial charge in [-0.15, -0.1) is 0 Å². The molecule has 0 unspecified atom stereocenters. The van der Waals surface area contributed by atoms with Crippen molar-refractivity contribution in [1.82, 2.24) is 9.66 Å². The minimum atomic E-state index is -0.444. The van der Waals surface area contributed by atoms with Crippen molar-refractivity contribution in [3.63, 3.8) is 0 Å². The Balaban J connectivity index is 1.77. The van der Waals surface area contributed by atoms with Gasteiger partial charge in [-0.05, 0) is 46.3 Å². The average molecular weight is 668 g/mol. The first-order chi connectivity index (χ1) is 17.5. The smallest absolute Gasteiger partial charge is 0.282 e. The average Bonchev–Trinajstić information content (AvgIpc) is 2.85. The molecule has 10 heteroatoms. The van der Waals surface area contributed by atoms with E-state index in [-0.39, 0.29) is 12.2 Å². The highest BCUT2D eigenvalue weighted by Crippen LogP contribution is 2.42. The van der Waals surface area contributed by atoms with E-state index in [2.05, 4.69) is 37.0 Å². The number of ether oxygens (including phenoxy) is 2. The third-order valence-corrected chi connectivity index (χ3v) is 7.80. The maximum absolute atomic E-state index is 13.4. The summed E-state index contributed by atoms with van der Waals surface area (Å²) in [7, 11) is 1.52. The van der Waals surface area contributed by atoms with Crippen LogP contribution in [-0.4, -0.2) is 23.0 Å². The maximum atomic E-state index is 13.4. The van der Waals surface area contributed by atoms with Crippen molar-refractivity contribution in [2.45, 2.75) is 32.8 Å². The third-order valence-electron chi connectivity index (χ3n) is 5.50. The molecule has 0 atom stereocenters. The SMILES string of the molecule is COc1cc(C=Nn2c(C(C)(C)C)nc3ccc(Br)cc3c2=O)c(Br)c(Cl)c1OCc1ccccc1Cl. The van der Waals surface area contributed by atoms with Crippen molar-refractivity contribution >= 4 is 72.2 Å². The molecular weight excluding hydrogens is 645 g/mol. The van der Waals surface area contributed by atoms with Crippen LogP contribution in [0.1, 0.15) is 37.7 Å². The van der Waals surface area contributed by atoms with Gasteiger partial charge >= 0.3 is 0 Å². The Labute approximate surface area is 241 Å². The van der Waals surface area contributed by atoms with E-state index in [9.17, 15) is 4.79 Å². The van der Waals surface area contributed by atoms with Gasteiger partial charge in [0, 0.05) is 30.5 Å². The Hall–Kier alpha value is -2.39. The van der Waals surface area contributed by atoms with Crippen LogP contribution in [0.25, 0.3) is 10.9 Å². The fourth-order valence-electron chi connectivity index (χ4n) is 3.61. The molecule has 37 heavy (non-hydrogen) atoms. The third kappa shape index (κ3) is 5.87. The molecule has 0 radical (unpaired) electrons. The second-order valence-electron chi connectivity index (χ2n) is 9.21. The highest BCUT2D eigenvalue weighted by atomic mass is 79.9. The lowest BCUT2D eigenvalue weighted by Crippen LogP contribution is -2.29. The van der Waals surface area contributed by atoms with Gasteiger partial charge in [0.25, 0.3) is 5.56 Å². The zero-order chi connectivity index (χ0) is 26.9. The van der Waals surface area contributed by atoms with Gasteiger partial charge in [0.15, 0.2) is 11.5 Å². The molecule has 4 rings (SSSR count). The van der Waals surface area contributed by atoms with Crippen LogP contribution in [0, 0.1) is 0 Å². The predicted octanol–water partition coefficient (Wildman–Crippen LogP) is 8.00. The van der Waals surface area contributed by atoms with E-state index in [4.69, 9.17) is 37.7 Å². The van der Waals surface area contributed by atoms with Gasteiger partial charge in [0.2, 0.25) is 0 Å². The summed E-state index contributed by atoms with van der Waals surface area (Å²) in [6, 6.07) is 14.5. The first-order valence-corrected chi connectivity index (χ1v) is 13.5. The van der Waals surface area contributed by atoms with Crippen LogP contribution in [0.15, 0.2) is 67.4 Å². The lowest BCUT2D eigenvalue weighted by Gasteiger charge is -2.21. The lowest BCUT2D eigenvalue weighted by atomic mass is 9.95. The van der Waals surface area contributed by atoms with E-state index in [0.29, 0.717) is 48.3 Å². The minimum Gasteiger partial charge on any atom is -0.493 e. The van der Waals surface area contributed by atoms with Crippen molar-refractivity contribution in [3.8, 4) is 11.5 Å². The summed E-state index contributed by atoms with van der Waals surface area (Å²) < 4.78 is 14.2. The molecule has 3 aromatic carbocycles. The molecule has 0 aliphatic rings. The van der Waals surface area contributed by atoms with Crippen LogP contribution in [0.2, 0.25) is 10.0 Å². The van der Waals surface area contributed by atoms with Gasteiger partial charge < -0.3 is 9.47 Å². The van der Waals surface area contributed by atoms with Crippen molar-refractivity contribution in [2.75, 3.05) is 7.11 Å². The summed E-state index contributed by atoms with van der Waals surface area (Å²) in [4.78, 5) is 18.2. The van der Waals surface area contributed by atoms with Crippen LogP contribution < -0.4 is 15.0 Å². The highest BCUT2D eigenvalue weighted by Gasteiger charge is 2.23. The number of fused-ring (bicyclic) bond motifs is 1. The normalized spacial score (nSPS) is 11.9. The lowest BCUT2D eigenvalue weighted by molar-refractivity contribution is 0.284. The number of rotatable bonds is 6. The monoisotopic (exact) mass is 665 g/mol. The Morgan fingerprint density at radius 1 is 1.11 bits per heavy atom. The predicted molar refractivity (Wildman–Crippen MR) is 157 cm³/mol. The highest BCUT2D eigenvalue weighted by molar-refractivity contribution is 9.10. The molecule has 0 fully saturated rings. The first-order valence-electron chi connectivity index (χ1n) is 11.2. The van der Waals surface area contributed by atoms with Gasteiger partial charge in [0.1, 0.15) is 17.5 Å². The molecule has 0 aliphatic carbocycles. The maximum Gasteiger partial charge on any atom is 0.282 e. The summed E-state index contributed by atoms with van der Waals surface area (Å²) >= 11 is 19.9. The molecule has 6 nitrogen and oxygen atoms in total. The number of halogens is 4. The van der Waals surface area contributed by atoms with E-state index in [1.807, 2.05) is 51.1 Å². The molecule has 0 spiro atoms. The van der Waals surface area contributed by atoms with Crippen LogP contribution in [0.3, 0.4) is 0 Å². The topological polar surface area (TPSA) is 65.7 Å². The molecule has 0 amide bonds. The fraction of sp³-hybridized carbons (Fsp3) is 0.222. The number of benzene rings is 3. The van der Waals surface area contributed by atoms with Crippen LogP contribution in [0.4, 0.5) is 0 Å². The summed E-state index contributed by atoms with van der Waals surface area (Å²) in [5.74, 6) is 1.29. The molecule has 0 saturated heterocycles. The standard InChI is InChI=1S/C27H23Br2Cl2N3O3/c1-27(2,3)26-33-20-10-9-17(28)12-18(20)25(35)34(26)32-13-16-11-21(36-4)24(23(31)22(16)29)37-14-15-7-5-6-8-19(15)30/h5-13H,14H2,1-4H3. The van der Waals surface area contributed by atoms with Crippen LogP contribution in [0.5, 0.6) is 11.5 Å². The Morgan fingerprint density at radius 2 is 1.84 bits per heavy atom. The van der Waals surface area contributed by atoms with Gasteiger partial charge in [-0.25, -0.2) is 4.98 Å². The molecular formula is C27H23Br2Cl2N3O3. The largest absolute Gasteiger partial charge is 0.493 e. The Kier molecular flexibility index (Phi) is 8.33. The molecule has 0 saturated carbocycles. The van der Waals surface area contributed by atoms with Gasteiger partial charge in [-0.3, -0.25) is 4.79 Å². The number of nitrogens with zero attached hydrogens (tertiary/aromatic N) is 3. The number of aromatic nitrogens is 2. The first kappa shape index (κ1) is 27.6. The number of methoxy groups -OCH3 is 1. The van der Waals surface area contributed by atoms with Crippen molar-refractivity contribution < 1.29 is 9.47 Å². The molecule has 0 aliphatic heterocycles. The van der Waals surface area contributed by atoms with E-state index in [0.717, 1.165) is 10.0 Å². The van der Waals surface area contributed by atoms with Crippen molar-refractivity contribution in [3.05, 3.63) is 94.8 Å². The summed E-state index contributed by atoms with van der Waals surface area (Å²) in [5, 5.41) is 5.89. The van der Waals surface area contributed by atoms with Gasteiger partial charge in [-0.2, -0.15) is 9.78 Å². The molecule has 0 bridgehead atoms. The molecule has 1 aromatic heterocycles. The minimum absolute atomic E-state index is 0.207.